The van der Waals surface area contributed by atoms with Gasteiger partial charge in [0.2, 0.25) is 11.7 Å². The van der Waals surface area contributed by atoms with Crippen LogP contribution >= 0.6 is 0 Å². The summed E-state index contributed by atoms with van der Waals surface area (Å²) >= 11 is 0. The minimum absolute atomic E-state index is 0.153. The first-order valence-electron chi connectivity index (χ1n) is 5.21. The Morgan fingerprint density at radius 3 is 3.00 bits per heavy atom. The van der Waals surface area contributed by atoms with Crippen LogP contribution < -0.4 is 5.32 Å². The van der Waals surface area contributed by atoms with Crippen LogP contribution in [0.1, 0.15) is 16.1 Å². The first-order valence-corrected chi connectivity index (χ1v) is 5.21. The molecule has 0 bridgehead atoms. The van der Waals surface area contributed by atoms with Crippen molar-refractivity contribution >= 4 is 11.7 Å². The zero-order valence-electron chi connectivity index (χ0n) is 9.64. The van der Waals surface area contributed by atoms with Crippen LogP contribution in [0.2, 0.25) is 0 Å². The molecule has 5 nitrogen and oxygen atoms in total. The number of carbonyl (C=O) groups is 1. The summed E-state index contributed by atoms with van der Waals surface area (Å²) in [4.78, 5) is 14.9. The second-order valence-corrected chi connectivity index (χ2v) is 3.49. The molecular weight excluding hydrogens is 239 g/mol. The van der Waals surface area contributed by atoms with Gasteiger partial charge in [0.05, 0.1) is 25.3 Å². The van der Waals surface area contributed by atoms with E-state index in [1.165, 1.54) is 25.6 Å². The minimum Gasteiger partial charge on any atom is -0.463 e. The Balaban J connectivity index is 2.04. The van der Waals surface area contributed by atoms with E-state index in [9.17, 15) is 9.18 Å². The summed E-state index contributed by atoms with van der Waals surface area (Å²) in [7, 11) is 1.28. The molecule has 0 aliphatic rings. The Morgan fingerprint density at radius 1 is 1.50 bits per heavy atom. The third-order valence-corrected chi connectivity index (χ3v) is 2.33. The van der Waals surface area contributed by atoms with Crippen LogP contribution in [0.5, 0.6) is 0 Å². The van der Waals surface area contributed by atoms with Crippen LogP contribution in [0.25, 0.3) is 0 Å². The van der Waals surface area contributed by atoms with Crippen LogP contribution in [0, 0.1) is 5.95 Å². The number of pyridine rings is 1. The average Bonchev–Trinajstić information content (AvgIpc) is 2.85. The maximum absolute atomic E-state index is 12.6. The number of esters is 1. The van der Waals surface area contributed by atoms with Crippen molar-refractivity contribution in [1.29, 1.82) is 0 Å². The Bertz CT molecular complexity index is 537. The molecule has 0 spiro atoms. The number of nitrogens with one attached hydrogen (secondary N) is 1. The monoisotopic (exact) mass is 250 g/mol. The average molecular weight is 250 g/mol. The Morgan fingerprint density at radius 2 is 2.33 bits per heavy atom. The highest BCUT2D eigenvalue weighted by atomic mass is 19.1. The quantitative estimate of drug-likeness (QED) is 0.665. The van der Waals surface area contributed by atoms with Gasteiger partial charge in [-0.15, -0.1) is 0 Å². The molecule has 2 heterocycles. The van der Waals surface area contributed by atoms with E-state index in [0.29, 0.717) is 17.8 Å². The zero-order chi connectivity index (χ0) is 13.0. The van der Waals surface area contributed by atoms with Gasteiger partial charge in [-0.3, -0.25) is 0 Å². The molecule has 0 saturated heterocycles. The van der Waals surface area contributed by atoms with Gasteiger partial charge >= 0.3 is 5.97 Å². The number of carbonyl (C=O) groups excluding carboxylic acids is 1. The number of aromatic nitrogens is 1. The van der Waals surface area contributed by atoms with E-state index >= 15 is 0 Å². The molecule has 1 N–H and O–H groups in total. The van der Waals surface area contributed by atoms with E-state index in [1.54, 1.807) is 12.1 Å². The molecular formula is C12H11FN2O3. The van der Waals surface area contributed by atoms with E-state index in [2.05, 4.69) is 15.0 Å². The van der Waals surface area contributed by atoms with Crippen LogP contribution in [0.4, 0.5) is 10.1 Å². The normalized spacial score (nSPS) is 10.1. The predicted octanol–water partition coefficient (Wildman–Crippen LogP) is 2.21. The molecule has 2 aromatic rings. The summed E-state index contributed by atoms with van der Waals surface area (Å²) < 4.78 is 22.2. The highest BCUT2D eigenvalue weighted by Crippen LogP contribution is 2.14. The third kappa shape index (κ3) is 2.65. The summed E-state index contributed by atoms with van der Waals surface area (Å²) in [5, 5.41) is 3.00. The molecule has 0 fully saturated rings. The van der Waals surface area contributed by atoms with Gasteiger partial charge in [0, 0.05) is 12.1 Å². The maximum atomic E-state index is 12.6. The lowest BCUT2D eigenvalue weighted by Crippen LogP contribution is -2.07. The third-order valence-electron chi connectivity index (χ3n) is 2.33. The van der Waals surface area contributed by atoms with Gasteiger partial charge in [-0.2, -0.15) is 4.39 Å². The summed E-state index contributed by atoms with van der Waals surface area (Å²) in [6.07, 6.45) is 2.78. The molecule has 0 atom stereocenters. The second-order valence-electron chi connectivity index (χ2n) is 3.49. The van der Waals surface area contributed by atoms with Crippen LogP contribution in [-0.4, -0.2) is 18.1 Å². The molecule has 0 aromatic carbocycles. The maximum Gasteiger partial charge on any atom is 0.374 e. The van der Waals surface area contributed by atoms with Gasteiger partial charge in [0.1, 0.15) is 0 Å². The summed E-state index contributed by atoms with van der Waals surface area (Å²) in [6.45, 7) is 0.355. The van der Waals surface area contributed by atoms with E-state index in [1.807, 2.05) is 0 Å². The molecule has 0 saturated carbocycles. The number of hydrogen-bond donors (Lipinski definition) is 1. The number of nitrogens with zero attached hydrogens (tertiary/aromatic N) is 1. The first kappa shape index (κ1) is 12.1. The van der Waals surface area contributed by atoms with Crippen molar-refractivity contribution in [3.8, 4) is 0 Å². The highest BCUT2D eigenvalue weighted by molar-refractivity contribution is 5.87. The summed E-state index contributed by atoms with van der Waals surface area (Å²) in [5.41, 5.74) is 1.31. The van der Waals surface area contributed by atoms with Crippen molar-refractivity contribution < 1.29 is 18.3 Å². The van der Waals surface area contributed by atoms with Crippen molar-refractivity contribution in [1.82, 2.24) is 4.98 Å². The second kappa shape index (κ2) is 5.31. The molecule has 18 heavy (non-hydrogen) atoms. The molecule has 0 unspecified atom stereocenters. The Labute approximate surface area is 103 Å². The standard InChI is InChI=1S/C12H11FN2O3/c1-17-12(16)11-8(4-5-18-11)6-14-9-2-3-10(13)15-7-9/h2-5,7,14H,6H2,1H3. The van der Waals surface area contributed by atoms with Crippen molar-refractivity contribution in [3.05, 3.63) is 47.9 Å². The largest absolute Gasteiger partial charge is 0.463 e. The fourth-order valence-corrected chi connectivity index (χ4v) is 1.42. The molecule has 2 aromatic heterocycles. The number of furan rings is 1. The number of hydrogen-bond acceptors (Lipinski definition) is 5. The van der Waals surface area contributed by atoms with Crippen molar-refractivity contribution in [2.75, 3.05) is 12.4 Å². The molecule has 2 rings (SSSR count). The number of halogens is 1. The summed E-state index contributed by atoms with van der Waals surface area (Å²) in [6, 6.07) is 4.47. The SMILES string of the molecule is COC(=O)c1occc1CNc1ccc(F)nc1. The van der Waals surface area contributed by atoms with E-state index in [0.717, 1.165) is 0 Å². The van der Waals surface area contributed by atoms with Crippen molar-refractivity contribution in [2.45, 2.75) is 6.54 Å². The topological polar surface area (TPSA) is 64.4 Å². The van der Waals surface area contributed by atoms with Crippen molar-refractivity contribution in [3.63, 3.8) is 0 Å². The lowest BCUT2D eigenvalue weighted by Gasteiger charge is -2.05. The van der Waals surface area contributed by atoms with E-state index in [4.69, 9.17) is 4.42 Å². The molecule has 0 radical (unpaired) electrons. The Hall–Kier alpha value is -2.37. The van der Waals surface area contributed by atoms with Gasteiger partial charge < -0.3 is 14.5 Å². The summed E-state index contributed by atoms with van der Waals surface area (Å²) in [5.74, 6) is -0.923. The van der Waals surface area contributed by atoms with Crippen LogP contribution in [0.3, 0.4) is 0 Å². The zero-order valence-corrected chi connectivity index (χ0v) is 9.64. The number of anilines is 1. The highest BCUT2D eigenvalue weighted by Gasteiger charge is 2.15. The molecule has 0 aliphatic carbocycles. The number of methoxy groups -OCH3 is 1. The fraction of sp³-hybridized carbons (Fsp3) is 0.167. The van der Waals surface area contributed by atoms with Gasteiger partial charge in [-0.05, 0) is 18.2 Å². The van der Waals surface area contributed by atoms with Crippen molar-refractivity contribution in [2.24, 2.45) is 0 Å². The number of ether oxygens (including phenoxy) is 1. The number of rotatable bonds is 4. The molecule has 0 aliphatic heterocycles. The van der Waals surface area contributed by atoms with Crippen LogP contribution in [-0.2, 0) is 11.3 Å². The Kier molecular flexibility index (Phi) is 3.57. The van der Waals surface area contributed by atoms with Gasteiger partial charge in [-0.25, -0.2) is 9.78 Å². The van der Waals surface area contributed by atoms with Gasteiger partial charge in [0.15, 0.2) is 0 Å². The minimum atomic E-state index is -0.542. The smallest absolute Gasteiger partial charge is 0.374 e. The van der Waals surface area contributed by atoms with E-state index in [-0.39, 0.29) is 5.76 Å². The first-order chi connectivity index (χ1) is 8.70. The lowest BCUT2D eigenvalue weighted by molar-refractivity contribution is 0.0563. The molecule has 94 valence electrons. The fourth-order valence-electron chi connectivity index (χ4n) is 1.42. The lowest BCUT2D eigenvalue weighted by atomic mass is 10.2. The predicted molar refractivity (Wildman–Crippen MR) is 61.6 cm³/mol. The van der Waals surface area contributed by atoms with Gasteiger partial charge in [-0.1, -0.05) is 0 Å². The van der Waals surface area contributed by atoms with Crippen LogP contribution in [0.15, 0.2) is 35.1 Å². The van der Waals surface area contributed by atoms with Gasteiger partial charge in [0.25, 0.3) is 0 Å². The van der Waals surface area contributed by atoms with E-state index < -0.39 is 11.9 Å². The molecule has 0 amide bonds. The molecule has 6 heteroatoms.